The molecule has 1 aliphatic rings. The molecule has 0 N–H and O–H groups in total. The lowest BCUT2D eigenvalue weighted by atomic mass is 10.2. The number of aryl methyl sites for hydroxylation is 2. The number of methoxy groups -OCH3 is 1. The molecule has 9 nitrogen and oxygen atoms in total. The molecular formula is C16H27N5O4. The van der Waals surface area contributed by atoms with Gasteiger partial charge in [-0.05, 0) is 20.8 Å². The van der Waals surface area contributed by atoms with Gasteiger partial charge in [-0.25, -0.2) is 0 Å². The minimum Gasteiger partial charge on any atom is -0.383 e. The van der Waals surface area contributed by atoms with Crippen LogP contribution < -0.4 is 0 Å². The van der Waals surface area contributed by atoms with Gasteiger partial charge in [-0.15, -0.1) is 0 Å². The smallest absolute Gasteiger partial charge is 0.312 e. The molecule has 0 radical (unpaired) electrons. The lowest BCUT2D eigenvalue weighted by molar-refractivity contribution is -0.386. The second kappa shape index (κ2) is 8.39. The first-order valence-electron chi connectivity index (χ1n) is 8.54. The Morgan fingerprint density at radius 2 is 2.08 bits per heavy atom. The van der Waals surface area contributed by atoms with Crippen molar-refractivity contribution in [3.63, 3.8) is 0 Å². The number of aromatic nitrogens is 2. The Bertz CT molecular complexity index is 630. The average Bonchev–Trinajstić information content (AvgIpc) is 2.85. The van der Waals surface area contributed by atoms with Crippen molar-refractivity contribution in [1.82, 2.24) is 19.6 Å². The highest BCUT2D eigenvalue weighted by atomic mass is 16.6. The van der Waals surface area contributed by atoms with Gasteiger partial charge in [0.1, 0.15) is 11.4 Å². The lowest BCUT2D eigenvalue weighted by Gasteiger charge is -2.39. The molecule has 2 heterocycles. The van der Waals surface area contributed by atoms with Crippen LogP contribution in [0, 0.1) is 24.0 Å². The van der Waals surface area contributed by atoms with Crippen molar-refractivity contribution in [3.8, 4) is 0 Å². The van der Waals surface area contributed by atoms with Crippen molar-refractivity contribution in [2.45, 2.75) is 39.8 Å². The Morgan fingerprint density at radius 3 is 2.64 bits per heavy atom. The predicted octanol–water partition coefficient (Wildman–Crippen LogP) is 0.977. The van der Waals surface area contributed by atoms with Gasteiger partial charge in [0.15, 0.2) is 0 Å². The molecule has 0 spiro atoms. The first-order chi connectivity index (χ1) is 11.8. The first-order valence-corrected chi connectivity index (χ1v) is 8.54. The third kappa shape index (κ3) is 4.55. The van der Waals surface area contributed by atoms with Gasteiger partial charge in [0.25, 0.3) is 0 Å². The molecule has 1 fully saturated rings. The van der Waals surface area contributed by atoms with Crippen LogP contribution in [0.2, 0.25) is 0 Å². The zero-order chi connectivity index (χ0) is 18.6. The molecule has 0 aliphatic carbocycles. The predicted molar refractivity (Wildman–Crippen MR) is 92.5 cm³/mol. The molecule has 0 unspecified atom stereocenters. The second-order valence-corrected chi connectivity index (χ2v) is 6.47. The summed E-state index contributed by atoms with van der Waals surface area (Å²) in [6, 6.07) is 0.294. The fourth-order valence-corrected chi connectivity index (χ4v) is 3.29. The summed E-state index contributed by atoms with van der Waals surface area (Å²) in [6.45, 7) is 9.54. The highest BCUT2D eigenvalue weighted by Gasteiger charge is 2.27. The van der Waals surface area contributed by atoms with Gasteiger partial charge in [-0.2, -0.15) is 5.10 Å². The molecule has 9 heteroatoms. The molecular weight excluding hydrogens is 326 g/mol. The molecule has 140 valence electrons. The number of nitro groups is 1. The molecule has 1 aliphatic heterocycles. The summed E-state index contributed by atoms with van der Waals surface area (Å²) in [7, 11) is 1.69. The lowest BCUT2D eigenvalue weighted by Crippen LogP contribution is -2.54. The Labute approximate surface area is 147 Å². The number of ether oxygens (including phenoxy) is 1. The van der Waals surface area contributed by atoms with E-state index in [2.05, 4.69) is 16.9 Å². The maximum atomic E-state index is 12.5. The van der Waals surface area contributed by atoms with Crippen LogP contribution in [0.15, 0.2) is 0 Å². The van der Waals surface area contributed by atoms with E-state index in [0.29, 0.717) is 50.1 Å². The van der Waals surface area contributed by atoms with Crippen molar-refractivity contribution in [2.24, 2.45) is 0 Å². The number of rotatable bonds is 7. The number of hydrogen-bond acceptors (Lipinski definition) is 6. The van der Waals surface area contributed by atoms with E-state index < -0.39 is 4.92 Å². The summed E-state index contributed by atoms with van der Waals surface area (Å²) < 4.78 is 6.67. The Hall–Kier alpha value is -2.00. The molecule has 1 saturated heterocycles. The molecule has 1 atom stereocenters. The van der Waals surface area contributed by atoms with E-state index in [0.717, 1.165) is 13.1 Å². The molecule has 0 bridgehead atoms. The standard InChI is InChI=1S/C16H27N5O4/c1-12-11-19(8-7-18(12)9-10-25-4)15(22)5-6-20-14(3)16(21(23)24)13(2)17-20/h12H,5-11H2,1-4H3/t12-/m1/s1. The van der Waals surface area contributed by atoms with E-state index in [-0.39, 0.29) is 11.6 Å². The van der Waals surface area contributed by atoms with E-state index >= 15 is 0 Å². The average molecular weight is 353 g/mol. The molecule has 1 amide bonds. The third-order valence-electron chi connectivity index (χ3n) is 4.76. The minimum atomic E-state index is -0.420. The Morgan fingerprint density at radius 1 is 1.36 bits per heavy atom. The van der Waals surface area contributed by atoms with Gasteiger partial charge in [-0.1, -0.05) is 0 Å². The highest BCUT2D eigenvalue weighted by molar-refractivity contribution is 5.76. The quantitative estimate of drug-likeness (QED) is 0.536. The van der Waals surface area contributed by atoms with Crippen molar-refractivity contribution in [3.05, 3.63) is 21.5 Å². The van der Waals surface area contributed by atoms with E-state index in [1.807, 2.05) is 4.90 Å². The maximum absolute atomic E-state index is 12.5. The van der Waals surface area contributed by atoms with Crippen molar-refractivity contribution in [1.29, 1.82) is 0 Å². The molecule has 0 aromatic carbocycles. The molecule has 25 heavy (non-hydrogen) atoms. The van der Waals surface area contributed by atoms with Crippen LogP contribution in [-0.2, 0) is 16.1 Å². The van der Waals surface area contributed by atoms with Crippen LogP contribution in [0.3, 0.4) is 0 Å². The van der Waals surface area contributed by atoms with E-state index in [1.54, 1.807) is 25.6 Å². The zero-order valence-corrected chi connectivity index (χ0v) is 15.4. The Balaban J connectivity index is 1.89. The number of piperazine rings is 1. The number of carbonyl (C=O) groups is 1. The van der Waals surface area contributed by atoms with Crippen LogP contribution >= 0.6 is 0 Å². The topological polar surface area (TPSA) is 93.7 Å². The fourth-order valence-electron chi connectivity index (χ4n) is 3.29. The van der Waals surface area contributed by atoms with Gasteiger partial charge in [0.05, 0.1) is 18.1 Å². The largest absolute Gasteiger partial charge is 0.383 e. The zero-order valence-electron chi connectivity index (χ0n) is 15.4. The van der Waals surface area contributed by atoms with E-state index in [9.17, 15) is 14.9 Å². The molecule has 0 saturated carbocycles. The van der Waals surface area contributed by atoms with Gasteiger partial charge >= 0.3 is 5.69 Å². The van der Waals surface area contributed by atoms with Crippen LogP contribution in [0.25, 0.3) is 0 Å². The van der Waals surface area contributed by atoms with Gasteiger partial charge < -0.3 is 9.64 Å². The maximum Gasteiger partial charge on any atom is 0.312 e. The summed E-state index contributed by atoms with van der Waals surface area (Å²) in [5.41, 5.74) is 0.913. The van der Waals surface area contributed by atoms with Gasteiger partial charge in [0.2, 0.25) is 5.91 Å². The van der Waals surface area contributed by atoms with Gasteiger partial charge in [-0.3, -0.25) is 24.5 Å². The van der Waals surface area contributed by atoms with Crippen LogP contribution in [0.1, 0.15) is 24.7 Å². The SMILES string of the molecule is COCCN1CCN(C(=O)CCn2nc(C)c([N+](=O)[O-])c2C)C[C@H]1C. The van der Waals surface area contributed by atoms with Crippen LogP contribution in [0.5, 0.6) is 0 Å². The van der Waals surface area contributed by atoms with E-state index in [1.165, 1.54) is 0 Å². The normalized spacial score (nSPS) is 18.6. The molecule has 1 aromatic rings. The van der Waals surface area contributed by atoms with Crippen molar-refractivity contribution < 1.29 is 14.5 Å². The summed E-state index contributed by atoms with van der Waals surface area (Å²) in [5.74, 6) is 0.0634. The molecule has 1 aromatic heterocycles. The number of carbonyl (C=O) groups excluding carboxylic acids is 1. The van der Waals surface area contributed by atoms with Crippen molar-refractivity contribution >= 4 is 11.6 Å². The third-order valence-corrected chi connectivity index (χ3v) is 4.76. The van der Waals surface area contributed by atoms with Crippen LogP contribution in [0.4, 0.5) is 5.69 Å². The number of amides is 1. The monoisotopic (exact) mass is 353 g/mol. The van der Waals surface area contributed by atoms with Crippen LogP contribution in [-0.4, -0.2) is 76.3 Å². The molecule has 2 rings (SSSR count). The highest BCUT2D eigenvalue weighted by Crippen LogP contribution is 2.22. The van der Waals surface area contributed by atoms with E-state index in [4.69, 9.17) is 4.74 Å². The second-order valence-electron chi connectivity index (χ2n) is 6.47. The summed E-state index contributed by atoms with van der Waals surface area (Å²) >= 11 is 0. The number of hydrogen-bond donors (Lipinski definition) is 0. The summed E-state index contributed by atoms with van der Waals surface area (Å²) in [4.78, 5) is 27.3. The van der Waals surface area contributed by atoms with Crippen molar-refractivity contribution in [2.75, 3.05) is 39.9 Å². The number of nitrogens with zero attached hydrogens (tertiary/aromatic N) is 5. The minimum absolute atomic E-state index is 0.0350. The Kier molecular flexibility index (Phi) is 6.49. The first kappa shape index (κ1) is 19.3. The van der Waals surface area contributed by atoms with Gasteiger partial charge in [0, 0.05) is 45.8 Å². The summed E-state index contributed by atoms with van der Waals surface area (Å²) in [6.07, 6.45) is 0.296. The summed E-state index contributed by atoms with van der Waals surface area (Å²) in [5, 5.41) is 15.2. The fraction of sp³-hybridized carbons (Fsp3) is 0.750.